The molecule has 14 heteroatoms. The molecule has 0 saturated carbocycles. The Bertz CT molecular complexity index is 937. The van der Waals surface area contributed by atoms with E-state index in [1.165, 1.54) is 0 Å². The second-order valence-corrected chi connectivity index (χ2v) is 6.06. The van der Waals surface area contributed by atoms with Gasteiger partial charge in [-0.15, -0.1) is 0 Å². The minimum absolute atomic E-state index is 0.106. The van der Waals surface area contributed by atoms with Gasteiger partial charge in [0, 0.05) is 6.20 Å². The number of phosphoric ester groups is 1. The van der Waals surface area contributed by atoms with Gasteiger partial charge in [0.2, 0.25) is 0 Å². The summed E-state index contributed by atoms with van der Waals surface area (Å²) in [4.78, 5) is 42.3. The van der Waals surface area contributed by atoms with E-state index < -0.39 is 49.9 Å². The average molecular weight is 389 g/mol. The fraction of sp³-hybridized carbons (Fsp3) is 0.500. The second kappa shape index (κ2) is 6.54. The minimum Gasteiger partial charge on any atom is -0.385 e. The lowest BCUT2D eigenvalue weighted by Crippen LogP contribution is -2.42. The number of aliphatic hydroxyl groups excluding tert-OH is 2. The quantitative estimate of drug-likeness (QED) is 0.233. The van der Waals surface area contributed by atoms with Crippen LogP contribution in [0.1, 0.15) is 20.7 Å². The summed E-state index contributed by atoms with van der Waals surface area (Å²) in [5.74, 6) is -4.21. The highest BCUT2D eigenvalue weighted by Gasteiger charge is 2.57. The minimum atomic E-state index is -5.65. The first kappa shape index (κ1) is 15.0. The van der Waals surface area contributed by atoms with Crippen molar-refractivity contribution in [2.24, 2.45) is 0 Å². The smallest absolute Gasteiger partial charge is 0.385 e. The maximum Gasteiger partial charge on any atom is 0.469 e. The summed E-state index contributed by atoms with van der Waals surface area (Å²) in [5.41, 5.74) is -1.69. The third kappa shape index (κ3) is 3.68. The van der Waals surface area contributed by atoms with Crippen LogP contribution in [0.4, 0.5) is 4.39 Å². The molecule has 11 nitrogen and oxygen atoms in total. The van der Waals surface area contributed by atoms with Crippen molar-refractivity contribution in [2.75, 3.05) is 6.56 Å². The molecule has 0 aliphatic carbocycles. The predicted octanol–water partition coefficient (Wildman–Crippen LogP) is -1.26. The van der Waals surface area contributed by atoms with E-state index in [-0.39, 0.29) is 15.5 Å². The van der Waals surface area contributed by atoms with Crippen molar-refractivity contribution in [1.29, 1.82) is 0 Å². The number of carbonyl (C=O) groups excluding carboxylic acids is 1. The molecule has 2 rings (SSSR count). The second-order valence-electron chi connectivity index (χ2n) is 4.49. The van der Waals surface area contributed by atoms with Gasteiger partial charge in [0.25, 0.3) is 5.85 Å². The summed E-state index contributed by atoms with van der Waals surface area (Å²) in [6, 6.07) is 0. The Kier molecular flexibility index (Phi) is 4.08. The molecule has 1 aliphatic heterocycles. The number of alkyl halides is 1. The molecule has 0 amide bonds. The van der Waals surface area contributed by atoms with Gasteiger partial charge >= 0.3 is 13.5 Å². The van der Waals surface area contributed by atoms with E-state index in [1.807, 2.05) is 4.98 Å². The third-order valence-electron chi connectivity index (χ3n) is 2.82. The van der Waals surface area contributed by atoms with Crippen molar-refractivity contribution < 1.29 is 47.1 Å². The summed E-state index contributed by atoms with van der Waals surface area (Å²) in [5, 5.41) is 19.9. The molecule has 5 N–H and O–H groups in total. The Morgan fingerprint density at radius 3 is 2.83 bits per heavy atom. The summed E-state index contributed by atoms with van der Waals surface area (Å²) in [6.07, 6.45) is -8.14. The van der Waals surface area contributed by atoms with Crippen LogP contribution in [-0.2, 0) is 13.8 Å². The van der Waals surface area contributed by atoms with Crippen LogP contribution in [0.15, 0.2) is 11.0 Å². The molecule has 1 aliphatic rings. The SMILES string of the molecule is [2H]C([2H])(OP(=O)(O)O)[C@@]1(F)O[C@@]([2H])(n2cc(C=O)c(=S)[nH]c2=O)[C@H](O)[C@@H]1O. The number of nitrogens with one attached hydrogen (secondary N) is 1. The molecule has 1 fully saturated rings. The normalized spacial score (nSPS) is 36.0. The summed E-state index contributed by atoms with van der Waals surface area (Å²) in [7, 11) is -5.65. The molecule has 1 aromatic rings. The number of hydrogen-bond donors (Lipinski definition) is 5. The fourth-order valence-corrected chi connectivity index (χ4v) is 2.17. The molecule has 0 unspecified atom stereocenters. The van der Waals surface area contributed by atoms with Gasteiger partial charge in [-0.3, -0.25) is 18.9 Å². The van der Waals surface area contributed by atoms with Crippen LogP contribution in [0.2, 0.25) is 0 Å². The Balaban J connectivity index is 2.62. The van der Waals surface area contributed by atoms with Crippen LogP contribution < -0.4 is 5.69 Å². The van der Waals surface area contributed by atoms with Crippen molar-refractivity contribution in [2.45, 2.75) is 24.3 Å². The number of aromatic nitrogens is 2. The highest BCUT2D eigenvalue weighted by molar-refractivity contribution is 7.71. The average Bonchev–Trinajstić information content (AvgIpc) is 2.68. The molecular formula is C10H12FN2O9PS. The zero-order valence-corrected chi connectivity index (χ0v) is 13.0. The zero-order chi connectivity index (χ0) is 21.0. The molecular weight excluding hydrogens is 374 g/mol. The first-order valence-electron chi connectivity index (χ1n) is 7.42. The number of hydrogen-bond acceptors (Lipinski definition) is 8. The summed E-state index contributed by atoms with van der Waals surface area (Å²) in [6.45, 7) is -4.08. The number of rotatable bonds is 5. The van der Waals surface area contributed by atoms with Crippen LogP contribution >= 0.6 is 20.0 Å². The Labute approximate surface area is 141 Å². The zero-order valence-electron chi connectivity index (χ0n) is 14.3. The molecule has 0 radical (unpaired) electrons. The van der Waals surface area contributed by atoms with E-state index >= 15 is 4.39 Å². The van der Waals surface area contributed by atoms with Crippen LogP contribution in [-0.4, -0.2) is 60.5 Å². The van der Waals surface area contributed by atoms with E-state index in [4.69, 9.17) is 13.9 Å². The van der Waals surface area contributed by atoms with E-state index in [2.05, 4.69) is 21.5 Å². The Hall–Kier alpha value is -1.31. The molecule has 24 heavy (non-hydrogen) atoms. The maximum absolute atomic E-state index is 15.0. The van der Waals surface area contributed by atoms with Crippen LogP contribution in [0.5, 0.6) is 0 Å². The van der Waals surface area contributed by atoms with E-state index in [0.29, 0.717) is 6.20 Å². The molecule has 1 saturated heterocycles. The van der Waals surface area contributed by atoms with Crippen molar-refractivity contribution in [3.8, 4) is 0 Å². The van der Waals surface area contributed by atoms with Crippen LogP contribution in [0.3, 0.4) is 0 Å². The van der Waals surface area contributed by atoms with Gasteiger partial charge in [-0.05, 0) is 0 Å². The van der Waals surface area contributed by atoms with Crippen molar-refractivity contribution in [3.05, 3.63) is 26.9 Å². The molecule has 4 atom stereocenters. The highest BCUT2D eigenvalue weighted by Crippen LogP contribution is 2.43. The van der Waals surface area contributed by atoms with Crippen molar-refractivity contribution >= 4 is 26.3 Å². The Morgan fingerprint density at radius 1 is 1.67 bits per heavy atom. The van der Waals surface area contributed by atoms with Gasteiger partial charge in [-0.2, -0.15) is 0 Å². The van der Waals surface area contributed by atoms with Gasteiger partial charge < -0.3 is 24.7 Å². The van der Waals surface area contributed by atoms with Gasteiger partial charge in [-0.25, -0.2) is 13.8 Å². The number of aromatic amines is 1. The lowest BCUT2D eigenvalue weighted by atomic mass is 10.1. The molecule has 0 spiro atoms. The van der Waals surface area contributed by atoms with E-state index in [0.717, 1.165) is 0 Å². The van der Waals surface area contributed by atoms with Gasteiger partial charge in [0.1, 0.15) is 23.4 Å². The monoisotopic (exact) mass is 389 g/mol. The molecule has 134 valence electrons. The van der Waals surface area contributed by atoms with Gasteiger partial charge in [-0.1, -0.05) is 12.2 Å². The number of ether oxygens (including phenoxy) is 1. The highest BCUT2D eigenvalue weighted by atomic mass is 32.1. The standard InChI is InChI=1S/C10H12FN2O9PS/c11-10(3-21-23(18,19)20)6(16)5(15)8(22-10)13-1-4(2-14)7(24)12-9(13)17/h1-2,5-6,8,15-16H,3H2,(H,12,17,24)(H2,18,19,20)/t5-,6+,8-,10-/m1/s1/i3D2,8D. The fourth-order valence-electron chi connectivity index (χ4n) is 1.74. The van der Waals surface area contributed by atoms with Crippen molar-refractivity contribution in [1.82, 2.24) is 9.55 Å². The lowest BCUT2D eigenvalue weighted by Gasteiger charge is -2.22. The topological polar surface area (TPSA) is 171 Å². The summed E-state index contributed by atoms with van der Waals surface area (Å²) < 4.78 is 56.4. The van der Waals surface area contributed by atoms with Gasteiger partial charge in [0.15, 0.2) is 12.5 Å². The first-order valence-corrected chi connectivity index (χ1v) is 7.86. The number of phosphoric acid groups is 1. The number of carbonyl (C=O) groups is 1. The number of nitrogens with zero attached hydrogens (tertiary/aromatic N) is 1. The lowest BCUT2D eigenvalue weighted by molar-refractivity contribution is -0.205. The van der Waals surface area contributed by atoms with Gasteiger partial charge in [0.05, 0.1) is 9.68 Å². The predicted molar refractivity (Wildman–Crippen MR) is 75.2 cm³/mol. The number of halogens is 1. The Morgan fingerprint density at radius 2 is 2.29 bits per heavy atom. The van der Waals surface area contributed by atoms with Crippen LogP contribution in [0.25, 0.3) is 0 Å². The van der Waals surface area contributed by atoms with E-state index in [1.54, 1.807) is 0 Å². The first-order chi connectivity index (χ1) is 12.1. The number of H-pyrrole nitrogens is 1. The largest absolute Gasteiger partial charge is 0.469 e. The molecule has 1 aromatic heterocycles. The van der Waals surface area contributed by atoms with Crippen molar-refractivity contribution in [3.63, 3.8) is 0 Å². The molecule has 0 bridgehead atoms. The third-order valence-corrected chi connectivity index (χ3v) is 3.49. The maximum atomic E-state index is 15.0. The number of aldehydes is 1. The van der Waals surface area contributed by atoms with Crippen LogP contribution in [0, 0.1) is 4.64 Å². The van der Waals surface area contributed by atoms with E-state index in [9.17, 15) is 24.4 Å². The number of aliphatic hydroxyl groups is 2. The summed E-state index contributed by atoms with van der Waals surface area (Å²) >= 11 is 4.67. The molecule has 2 heterocycles. The molecule has 0 aromatic carbocycles.